The largest absolute Gasteiger partial charge is 0.458 e. The highest BCUT2D eigenvalue weighted by atomic mass is 19.1. The summed E-state index contributed by atoms with van der Waals surface area (Å²) < 4.78 is 20.9. The molecule has 1 aliphatic carbocycles. The molecule has 3 heterocycles. The number of pyridine rings is 1. The molecule has 1 saturated heterocycles. The Bertz CT molecular complexity index is 1250. The molecule has 2 aliphatic rings. The fourth-order valence-corrected chi connectivity index (χ4v) is 4.16. The van der Waals surface area contributed by atoms with Crippen LogP contribution >= 0.6 is 0 Å². The molecule has 2 atom stereocenters. The topological polar surface area (TPSA) is 110 Å². The summed E-state index contributed by atoms with van der Waals surface area (Å²) in [5.41, 5.74) is 1.65. The molecule has 1 saturated carbocycles. The SMILES string of the molecule is CNc1cc(-c2nc(C3(O)CC3)n(/C=C/[C@H]3C[C@@H](O)CC(=O)O3)c2-c2ccc(F)cc2)ccn1. The lowest BCUT2D eigenvalue weighted by Crippen LogP contribution is -2.31. The van der Waals surface area contributed by atoms with Gasteiger partial charge in [-0.25, -0.2) is 14.4 Å². The van der Waals surface area contributed by atoms with Crippen LogP contribution in [0.2, 0.25) is 0 Å². The molecule has 0 amide bonds. The molecule has 0 bridgehead atoms. The van der Waals surface area contributed by atoms with Crippen molar-refractivity contribution in [1.82, 2.24) is 14.5 Å². The van der Waals surface area contributed by atoms with Crippen LogP contribution in [0.25, 0.3) is 28.7 Å². The molecule has 2 fully saturated rings. The van der Waals surface area contributed by atoms with Gasteiger partial charge in [0, 0.05) is 37.0 Å². The molecule has 0 unspecified atom stereocenters. The summed E-state index contributed by atoms with van der Waals surface area (Å²) in [5.74, 6) is 0.277. The van der Waals surface area contributed by atoms with E-state index in [1.165, 1.54) is 12.1 Å². The Morgan fingerprint density at radius 1 is 1.24 bits per heavy atom. The van der Waals surface area contributed by atoms with E-state index in [9.17, 15) is 19.4 Å². The summed E-state index contributed by atoms with van der Waals surface area (Å²) in [6.07, 6.45) is 5.06. The molecule has 176 valence electrons. The third kappa shape index (κ3) is 4.32. The van der Waals surface area contributed by atoms with Crippen LogP contribution in [0, 0.1) is 5.82 Å². The summed E-state index contributed by atoms with van der Waals surface area (Å²) in [6, 6.07) is 9.73. The lowest BCUT2D eigenvalue weighted by molar-refractivity contribution is -0.156. The molecule has 1 aliphatic heterocycles. The number of carbonyl (C=O) groups is 1. The predicted molar refractivity (Wildman–Crippen MR) is 124 cm³/mol. The zero-order chi connectivity index (χ0) is 23.9. The second-order valence-electron chi connectivity index (χ2n) is 8.68. The van der Waals surface area contributed by atoms with Crippen LogP contribution in [0.4, 0.5) is 10.2 Å². The highest BCUT2D eigenvalue weighted by Gasteiger charge is 2.47. The standard InChI is InChI=1S/C25H25FN4O4/c1-27-20-12-16(6-10-28-20)22-23(15-2-4-17(26)5-3-15)30(24(29-22)25(33)8-9-25)11-7-19-13-18(31)14-21(32)34-19/h2-7,10-12,18-19,31,33H,8-9,13-14H2,1H3,(H,27,28)/b11-7+/t18-,19+/m1/s1. The number of ether oxygens (including phenoxy) is 1. The Labute approximate surface area is 195 Å². The van der Waals surface area contributed by atoms with Gasteiger partial charge in [-0.05, 0) is 55.3 Å². The first-order valence-electron chi connectivity index (χ1n) is 11.2. The van der Waals surface area contributed by atoms with Gasteiger partial charge in [-0.2, -0.15) is 0 Å². The fraction of sp³-hybridized carbons (Fsp3) is 0.320. The quantitative estimate of drug-likeness (QED) is 0.480. The van der Waals surface area contributed by atoms with E-state index in [0.29, 0.717) is 41.4 Å². The van der Waals surface area contributed by atoms with Crippen molar-refractivity contribution >= 4 is 18.0 Å². The minimum absolute atomic E-state index is 0.0266. The maximum absolute atomic E-state index is 13.7. The number of nitrogens with one attached hydrogen (secondary N) is 1. The van der Waals surface area contributed by atoms with E-state index in [0.717, 1.165) is 5.56 Å². The van der Waals surface area contributed by atoms with Crippen molar-refractivity contribution in [2.75, 3.05) is 12.4 Å². The Kier molecular flexibility index (Phi) is 5.66. The van der Waals surface area contributed by atoms with Crippen molar-refractivity contribution in [1.29, 1.82) is 0 Å². The average molecular weight is 464 g/mol. The van der Waals surface area contributed by atoms with Gasteiger partial charge in [0.25, 0.3) is 0 Å². The average Bonchev–Trinajstić information content (AvgIpc) is 3.44. The number of benzene rings is 1. The lowest BCUT2D eigenvalue weighted by atomic mass is 10.0. The van der Waals surface area contributed by atoms with Gasteiger partial charge in [-0.15, -0.1) is 0 Å². The summed E-state index contributed by atoms with van der Waals surface area (Å²) in [7, 11) is 1.77. The van der Waals surface area contributed by atoms with Gasteiger partial charge in [-0.3, -0.25) is 4.79 Å². The molecule has 3 aromatic rings. The molecule has 2 aromatic heterocycles. The number of aliphatic hydroxyl groups excluding tert-OH is 1. The summed E-state index contributed by atoms with van der Waals surface area (Å²) in [6.45, 7) is 0. The zero-order valence-electron chi connectivity index (χ0n) is 18.6. The summed E-state index contributed by atoms with van der Waals surface area (Å²) in [5, 5.41) is 24.0. The molecule has 8 nitrogen and oxygen atoms in total. The molecule has 9 heteroatoms. The monoisotopic (exact) mass is 464 g/mol. The Balaban J connectivity index is 1.68. The maximum atomic E-state index is 13.7. The lowest BCUT2D eigenvalue weighted by Gasteiger charge is -2.23. The third-order valence-corrected chi connectivity index (χ3v) is 6.10. The Morgan fingerprint density at radius 2 is 2.00 bits per heavy atom. The molecule has 3 N–H and O–H groups in total. The Hall–Kier alpha value is -3.56. The molecule has 5 rings (SSSR count). The summed E-state index contributed by atoms with van der Waals surface area (Å²) in [4.78, 5) is 20.9. The van der Waals surface area contributed by atoms with Crippen molar-refractivity contribution in [2.45, 2.75) is 43.5 Å². The first kappa shape index (κ1) is 22.2. The normalized spacial score (nSPS) is 21.5. The highest BCUT2D eigenvalue weighted by Crippen LogP contribution is 2.48. The van der Waals surface area contributed by atoms with E-state index in [4.69, 9.17) is 9.72 Å². The first-order chi connectivity index (χ1) is 16.4. The van der Waals surface area contributed by atoms with Crippen LogP contribution in [0.5, 0.6) is 0 Å². The van der Waals surface area contributed by atoms with Crippen LogP contribution in [0.1, 0.15) is 31.5 Å². The van der Waals surface area contributed by atoms with Gasteiger partial charge < -0.3 is 24.8 Å². The van der Waals surface area contributed by atoms with Crippen LogP contribution in [-0.2, 0) is 15.1 Å². The van der Waals surface area contributed by atoms with E-state index in [-0.39, 0.29) is 18.7 Å². The predicted octanol–water partition coefficient (Wildman–Crippen LogP) is 3.31. The molecule has 34 heavy (non-hydrogen) atoms. The number of rotatable bonds is 6. The number of hydrogen-bond acceptors (Lipinski definition) is 7. The molecule has 0 radical (unpaired) electrons. The van der Waals surface area contributed by atoms with Crippen molar-refractivity contribution in [3.8, 4) is 22.5 Å². The van der Waals surface area contributed by atoms with Gasteiger partial charge in [0.1, 0.15) is 29.2 Å². The van der Waals surface area contributed by atoms with Gasteiger partial charge >= 0.3 is 5.97 Å². The third-order valence-electron chi connectivity index (χ3n) is 6.10. The van der Waals surface area contributed by atoms with Crippen molar-refractivity contribution in [3.05, 3.63) is 60.3 Å². The number of cyclic esters (lactones) is 1. The van der Waals surface area contributed by atoms with Crippen LogP contribution in [0.15, 0.2) is 48.7 Å². The number of imidazole rings is 1. The summed E-state index contributed by atoms with van der Waals surface area (Å²) >= 11 is 0. The number of aliphatic hydroxyl groups is 2. The van der Waals surface area contributed by atoms with E-state index >= 15 is 0 Å². The molecule has 1 aromatic carbocycles. The second kappa shape index (κ2) is 8.66. The molecular formula is C25H25FN4O4. The Morgan fingerprint density at radius 3 is 2.68 bits per heavy atom. The fourth-order valence-electron chi connectivity index (χ4n) is 4.16. The smallest absolute Gasteiger partial charge is 0.309 e. The highest BCUT2D eigenvalue weighted by molar-refractivity contribution is 5.82. The molecular weight excluding hydrogens is 439 g/mol. The number of hydrogen-bond donors (Lipinski definition) is 3. The zero-order valence-corrected chi connectivity index (χ0v) is 18.6. The van der Waals surface area contributed by atoms with Gasteiger partial charge in [0.2, 0.25) is 0 Å². The van der Waals surface area contributed by atoms with Gasteiger partial charge in [-0.1, -0.05) is 0 Å². The minimum Gasteiger partial charge on any atom is -0.458 e. The van der Waals surface area contributed by atoms with E-state index in [2.05, 4.69) is 10.3 Å². The number of halogens is 1. The van der Waals surface area contributed by atoms with Crippen LogP contribution in [0.3, 0.4) is 0 Å². The van der Waals surface area contributed by atoms with Crippen molar-refractivity contribution in [3.63, 3.8) is 0 Å². The van der Waals surface area contributed by atoms with E-state index in [1.54, 1.807) is 42.2 Å². The maximum Gasteiger partial charge on any atom is 0.309 e. The first-order valence-corrected chi connectivity index (χ1v) is 11.2. The van der Waals surface area contributed by atoms with Crippen LogP contribution in [-0.4, -0.2) is 50.0 Å². The van der Waals surface area contributed by atoms with Gasteiger partial charge in [0.15, 0.2) is 0 Å². The molecule has 0 spiro atoms. The number of aromatic nitrogens is 3. The number of esters is 1. The number of anilines is 1. The minimum atomic E-state index is -1.08. The van der Waals surface area contributed by atoms with Gasteiger partial charge in [0.05, 0.1) is 23.9 Å². The van der Waals surface area contributed by atoms with E-state index < -0.39 is 23.8 Å². The number of nitrogens with zero attached hydrogens (tertiary/aromatic N) is 3. The van der Waals surface area contributed by atoms with Crippen LogP contribution < -0.4 is 5.32 Å². The van der Waals surface area contributed by atoms with Crippen molar-refractivity contribution in [2.24, 2.45) is 0 Å². The number of carbonyl (C=O) groups excluding carboxylic acids is 1. The van der Waals surface area contributed by atoms with E-state index in [1.807, 2.05) is 12.1 Å². The second-order valence-corrected chi connectivity index (χ2v) is 8.68. The van der Waals surface area contributed by atoms with Crippen molar-refractivity contribution < 1.29 is 24.1 Å².